The van der Waals surface area contributed by atoms with Crippen LogP contribution in [0.3, 0.4) is 0 Å². The lowest BCUT2D eigenvalue weighted by atomic mass is 10.2. The molecule has 0 radical (unpaired) electrons. The average Bonchev–Trinajstić information content (AvgIpc) is 2.48. The molecular formula is C14H15N3O2. The van der Waals surface area contributed by atoms with Crippen molar-refractivity contribution >= 4 is 5.91 Å². The fourth-order valence-corrected chi connectivity index (χ4v) is 1.74. The van der Waals surface area contributed by atoms with Crippen LogP contribution in [0.25, 0.3) is 0 Å². The smallest absolute Gasteiger partial charge is 0.272 e. The number of hydrogen-bond acceptors (Lipinski definition) is 4. The summed E-state index contributed by atoms with van der Waals surface area (Å²) in [7, 11) is 3.29. The van der Waals surface area contributed by atoms with Crippen LogP contribution in [0.5, 0.6) is 5.88 Å². The molecule has 0 saturated heterocycles. The number of nitrogens with zero attached hydrogens (tertiary/aromatic N) is 3. The Morgan fingerprint density at radius 3 is 2.68 bits per heavy atom. The predicted octanol–water partition coefficient (Wildman–Crippen LogP) is 1.76. The Kier molecular flexibility index (Phi) is 4.07. The van der Waals surface area contributed by atoms with Crippen LogP contribution < -0.4 is 4.74 Å². The second-order valence-corrected chi connectivity index (χ2v) is 4.05. The summed E-state index contributed by atoms with van der Waals surface area (Å²) >= 11 is 0. The molecule has 5 heteroatoms. The van der Waals surface area contributed by atoms with E-state index in [0.717, 1.165) is 5.56 Å². The van der Waals surface area contributed by atoms with Gasteiger partial charge >= 0.3 is 0 Å². The second-order valence-electron chi connectivity index (χ2n) is 4.05. The van der Waals surface area contributed by atoms with Gasteiger partial charge in [-0.2, -0.15) is 0 Å². The summed E-state index contributed by atoms with van der Waals surface area (Å²) in [6.07, 6.45) is 3.26. The number of rotatable bonds is 4. The number of ether oxygens (including phenoxy) is 1. The third-order valence-electron chi connectivity index (χ3n) is 2.68. The SMILES string of the molecule is COc1ncccc1CN(C)C(=O)c1ccccn1. The molecule has 2 heterocycles. The van der Waals surface area contributed by atoms with Crippen molar-refractivity contribution in [2.24, 2.45) is 0 Å². The maximum Gasteiger partial charge on any atom is 0.272 e. The summed E-state index contributed by atoms with van der Waals surface area (Å²) < 4.78 is 5.17. The minimum Gasteiger partial charge on any atom is -0.481 e. The second kappa shape index (κ2) is 5.95. The van der Waals surface area contributed by atoms with Crippen molar-refractivity contribution in [1.82, 2.24) is 14.9 Å². The molecule has 0 unspecified atom stereocenters. The van der Waals surface area contributed by atoms with Gasteiger partial charge in [0.05, 0.1) is 13.7 Å². The van der Waals surface area contributed by atoms with Gasteiger partial charge in [-0.1, -0.05) is 12.1 Å². The highest BCUT2D eigenvalue weighted by molar-refractivity contribution is 5.92. The number of pyridine rings is 2. The quantitative estimate of drug-likeness (QED) is 0.837. The average molecular weight is 257 g/mol. The molecule has 2 aromatic rings. The maximum absolute atomic E-state index is 12.2. The van der Waals surface area contributed by atoms with Gasteiger partial charge in [0.1, 0.15) is 5.69 Å². The number of amides is 1. The molecule has 0 fully saturated rings. The van der Waals surface area contributed by atoms with Gasteiger partial charge < -0.3 is 9.64 Å². The molecule has 0 aliphatic carbocycles. The predicted molar refractivity (Wildman–Crippen MR) is 70.8 cm³/mol. The van der Waals surface area contributed by atoms with E-state index in [2.05, 4.69) is 9.97 Å². The zero-order chi connectivity index (χ0) is 13.7. The van der Waals surface area contributed by atoms with E-state index in [-0.39, 0.29) is 5.91 Å². The molecule has 1 amide bonds. The molecule has 5 nitrogen and oxygen atoms in total. The van der Waals surface area contributed by atoms with Crippen LogP contribution in [0, 0.1) is 0 Å². The number of hydrogen-bond donors (Lipinski definition) is 0. The Morgan fingerprint density at radius 2 is 2.00 bits per heavy atom. The molecule has 0 N–H and O–H groups in total. The van der Waals surface area contributed by atoms with Gasteiger partial charge in [0.25, 0.3) is 5.91 Å². The molecule has 0 aliphatic rings. The van der Waals surface area contributed by atoms with Crippen molar-refractivity contribution in [2.75, 3.05) is 14.2 Å². The van der Waals surface area contributed by atoms with Crippen molar-refractivity contribution in [1.29, 1.82) is 0 Å². The molecule has 0 aliphatic heterocycles. The van der Waals surface area contributed by atoms with Crippen LogP contribution in [-0.2, 0) is 6.54 Å². The van der Waals surface area contributed by atoms with Gasteiger partial charge in [-0.05, 0) is 18.2 Å². The molecule has 98 valence electrons. The lowest BCUT2D eigenvalue weighted by Crippen LogP contribution is -2.27. The fraction of sp³-hybridized carbons (Fsp3) is 0.214. The van der Waals surface area contributed by atoms with E-state index in [1.165, 1.54) is 0 Å². The molecule has 19 heavy (non-hydrogen) atoms. The first kappa shape index (κ1) is 13.0. The molecule has 2 aromatic heterocycles. The van der Waals surface area contributed by atoms with E-state index < -0.39 is 0 Å². The van der Waals surface area contributed by atoms with Crippen LogP contribution in [0.4, 0.5) is 0 Å². The summed E-state index contributed by atoms with van der Waals surface area (Å²) in [6.45, 7) is 0.423. The number of carbonyl (C=O) groups is 1. The highest BCUT2D eigenvalue weighted by atomic mass is 16.5. The van der Waals surface area contributed by atoms with E-state index >= 15 is 0 Å². The maximum atomic E-state index is 12.2. The Hall–Kier alpha value is -2.43. The van der Waals surface area contributed by atoms with Crippen LogP contribution in [0.1, 0.15) is 16.1 Å². The third kappa shape index (κ3) is 3.07. The van der Waals surface area contributed by atoms with Gasteiger partial charge in [0, 0.05) is 25.0 Å². The summed E-state index contributed by atoms with van der Waals surface area (Å²) in [5.74, 6) is 0.398. The van der Waals surface area contributed by atoms with Crippen LogP contribution >= 0.6 is 0 Å². The minimum absolute atomic E-state index is 0.133. The van der Waals surface area contributed by atoms with E-state index in [1.54, 1.807) is 49.7 Å². The van der Waals surface area contributed by atoms with Crippen molar-refractivity contribution in [3.05, 3.63) is 54.0 Å². The van der Waals surface area contributed by atoms with Gasteiger partial charge in [0.15, 0.2) is 0 Å². The van der Waals surface area contributed by atoms with Crippen molar-refractivity contribution in [3.63, 3.8) is 0 Å². The Labute approximate surface area is 111 Å². The van der Waals surface area contributed by atoms with E-state index in [4.69, 9.17) is 4.74 Å². The van der Waals surface area contributed by atoms with Gasteiger partial charge in [-0.25, -0.2) is 4.98 Å². The van der Waals surface area contributed by atoms with E-state index in [0.29, 0.717) is 18.1 Å². The van der Waals surface area contributed by atoms with Crippen LogP contribution in [0.15, 0.2) is 42.7 Å². The number of methoxy groups -OCH3 is 1. The lowest BCUT2D eigenvalue weighted by molar-refractivity contribution is 0.0778. The highest BCUT2D eigenvalue weighted by Gasteiger charge is 2.14. The van der Waals surface area contributed by atoms with E-state index in [9.17, 15) is 4.79 Å². The first-order valence-corrected chi connectivity index (χ1v) is 5.86. The van der Waals surface area contributed by atoms with Gasteiger partial charge in [-0.15, -0.1) is 0 Å². The van der Waals surface area contributed by atoms with Crippen molar-refractivity contribution < 1.29 is 9.53 Å². The molecular weight excluding hydrogens is 242 g/mol. The normalized spacial score (nSPS) is 10.0. The minimum atomic E-state index is -0.133. The first-order valence-electron chi connectivity index (χ1n) is 5.86. The lowest BCUT2D eigenvalue weighted by Gasteiger charge is -2.17. The van der Waals surface area contributed by atoms with E-state index in [1.807, 2.05) is 12.1 Å². The largest absolute Gasteiger partial charge is 0.481 e. The Morgan fingerprint density at radius 1 is 1.21 bits per heavy atom. The summed E-state index contributed by atoms with van der Waals surface area (Å²) in [5, 5.41) is 0. The number of aromatic nitrogens is 2. The Balaban J connectivity index is 2.13. The monoisotopic (exact) mass is 257 g/mol. The molecule has 2 rings (SSSR count). The zero-order valence-corrected chi connectivity index (χ0v) is 10.9. The van der Waals surface area contributed by atoms with Gasteiger partial charge in [-0.3, -0.25) is 9.78 Å². The van der Waals surface area contributed by atoms with Gasteiger partial charge in [0.2, 0.25) is 5.88 Å². The van der Waals surface area contributed by atoms with Crippen molar-refractivity contribution in [3.8, 4) is 5.88 Å². The summed E-state index contributed by atoms with van der Waals surface area (Å²) in [6, 6.07) is 8.96. The third-order valence-corrected chi connectivity index (χ3v) is 2.68. The fourth-order valence-electron chi connectivity index (χ4n) is 1.74. The number of carbonyl (C=O) groups excluding carboxylic acids is 1. The molecule has 0 bridgehead atoms. The van der Waals surface area contributed by atoms with Crippen LogP contribution in [-0.4, -0.2) is 34.9 Å². The Bertz CT molecular complexity index is 558. The summed E-state index contributed by atoms with van der Waals surface area (Å²) in [5.41, 5.74) is 1.28. The van der Waals surface area contributed by atoms with Crippen LogP contribution in [0.2, 0.25) is 0 Å². The molecule has 0 aromatic carbocycles. The summed E-state index contributed by atoms with van der Waals surface area (Å²) in [4.78, 5) is 21.9. The van der Waals surface area contributed by atoms with Crippen molar-refractivity contribution in [2.45, 2.75) is 6.54 Å². The molecule has 0 saturated carbocycles. The highest BCUT2D eigenvalue weighted by Crippen LogP contribution is 2.16. The molecule has 0 atom stereocenters. The zero-order valence-electron chi connectivity index (χ0n) is 10.9. The first-order chi connectivity index (χ1) is 9.22. The molecule has 0 spiro atoms. The standard InChI is InChI=1S/C14H15N3O2/c1-17(14(18)12-7-3-4-8-15-12)10-11-6-5-9-16-13(11)19-2/h3-9H,10H2,1-2H3. The topological polar surface area (TPSA) is 55.3 Å².